The summed E-state index contributed by atoms with van der Waals surface area (Å²) in [7, 11) is 0. The molecule has 0 spiro atoms. The molecule has 8 nitrogen and oxygen atoms in total. The lowest BCUT2D eigenvalue weighted by atomic mass is 10.0. The Morgan fingerprint density at radius 2 is 1.48 bits per heavy atom. The third-order valence-electron chi connectivity index (χ3n) is 7.78. The van der Waals surface area contributed by atoms with E-state index in [-0.39, 0.29) is 12.0 Å². The van der Waals surface area contributed by atoms with Gasteiger partial charge in [0.25, 0.3) is 5.91 Å². The Morgan fingerprint density at radius 1 is 0.818 bits per heavy atom. The van der Waals surface area contributed by atoms with Crippen molar-refractivity contribution in [1.82, 2.24) is 15.3 Å². The molecule has 1 fully saturated rings. The van der Waals surface area contributed by atoms with Crippen molar-refractivity contribution in [1.29, 1.82) is 0 Å². The van der Waals surface area contributed by atoms with Gasteiger partial charge in [-0.2, -0.15) is 0 Å². The fraction of sp³-hybridized carbons (Fsp3) is 0.182. The van der Waals surface area contributed by atoms with Crippen molar-refractivity contribution in [2.45, 2.75) is 12.5 Å². The first kappa shape index (κ1) is 28.8. The third-order valence-corrected chi connectivity index (χ3v) is 7.78. The van der Waals surface area contributed by atoms with E-state index in [1.54, 1.807) is 36.8 Å². The maximum absolute atomic E-state index is 15.4. The van der Waals surface area contributed by atoms with E-state index in [4.69, 9.17) is 0 Å². The third kappa shape index (κ3) is 6.22. The van der Waals surface area contributed by atoms with Crippen LogP contribution in [0.4, 0.5) is 30.2 Å². The van der Waals surface area contributed by atoms with E-state index in [0.717, 1.165) is 22.5 Å². The molecule has 0 radical (unpaired) electrons. The summed E-state index contributed by atoms with van der Waals surface area (Å²) in [6, 6.07) is 18.1. The summed E-state index contributed by atoms with van der Waals surface area (Å²) in [6.07, 6.45) is 5.06. The molecule has 5 aromatic rings. The van der Waals surface area contributed by atoms with Crippen LogP contribution in [-0.4, -0.2) is 54.0 Å². The fourth-order valence-corrected chi connectivity index (χ4v) is 5.42. The summed E-state index contributed by atoms with van der Waals surface area (Å²) in [5.41, 5.74) is 3.23. The molecule has 0 aliphatic carbocycles. The number of para-hydroxylation sites is 1. The number of aromatic nitrogens is 2. The van der Waals surface area contributed by atoms with Crippen molar-refractivity contribution < 1.29 is 22.8 Å². The summed E-state index contributed by atoms with van der Waals surface area (Å²) in [6.45, 7) is 2.09. The maximum Gasteiger partial charge on any atom is 0.254 e. The zero-order chi connectivity index (χ0) is 30.6. The highest BCUT2D eigenvalue weighted by atomic mass is 19.2. The molecule has 1 saturated heterocycles. The smallest absolute Gasteiger partial charge is 0.254 e. The summed E-state index contributed by atoms with van der Waals surface area (Å²) >= 11 is 0. The highest BCUT2D eigenvalue weighted by Crippen LogP contribution is 2.25. The Morgan fingerprint density at radius 3 is 2.16 bits per heavy atom. The van der Waals surface area contributed by atoms with Gasteiger partial charge in [-0.05, 0) is 54.1 Å². The number of carbonyl (C=O) groups excluding carboxylic acids is 2. The molecule has 2 amide bonds. The average molecular weight is 599 g/mol. The number of hydrogen-bond acceptors (Lipinski definition) is 5. The van der Waals surface area contributed by atoms with Crippen molar-refractivity contribution in [2.75, 3.05) is 41.3 Å². The molecule has 224 valence electrons. The van der Waals surface area contributed by atoms with E-state index in [2.05, 4.69) is 20.6 Å². The van der Waals surface area contributed by atoms with E-state index in [9.17, 15) is 18.4 Å². The first-order chi connectivity index (χ1) is 21.4. The number of nitrogens with zero attached hydrogens (tertiary/aromatic N) is 3. The van der Waals surface area contributed by atoms with Crippen LogP contribution in [0.5, 0.6) is 0 Å². The van der Waals surface area contributed by atoms with Crippen LogP contribution in [0.2, 0.25) is 0 Å². The van der Waals surface area contributed by atoms with Gasteiger partial charge in [-0.15, -0.1) is 0 Å². The molecule has 44 heavy (non-hydrogen) atoms. The summed E-state index contributed by atoms with van der Waals surface area (Å²) in [4.78, 5) is 37.7. The van der Waals surface area contributed by atoms with Crippen LogP contribution in [0.15, 0.2) is 91.4 Å². The monoisotopic (exact) mass is 598 g/mol. The van der Waals surface area contributed by atoms with E-state index < -0.39 is 35.3 Å². The number of aromatic amines is 1. The number of anilines is 3. The van der Waals surface area contributed by atoms with Gasteiger partial charge in [0.05, 0.1) is 5.56 Å². The van der Waals surface area contributed by atoms with Gasteiger partial charge in [0.2, 0.25) is 5.91 Å². The van der Waals surface area contributed by atoms with E-state index in [1.165, 1.54) is 24.3 Å². The van der Waals surface area contributed by atoms with E-state index in [1.807, 2.05) is 34.1 Å². The predicted octanol–water partition coefficient (Wildman–Crippen LogP) is 5.29. The Labute approximate surface area is 251 Å². The first-order valence-corrected chi connectivity index (χ1v) is 14.2. The summed E-state index contributed by atoms with van der Waals surface area (Å²) in [5.74, 6) is -3.69. The lowest BCUT2D eigenvalue weighted by Gasteiger charge is -2.37. The normalized spacial score (nSPS) is 14.0. The quantitative estimate of drug-likeness (QED) is 0.226. The molecule has 0 saturated carbocycles. The molecular weight excluding hydrogens is 569 g/mol. The minimum absolute atomic E-state index is 0.175. The topological polar surface area (TPSA) is 93.4 Å². The standard InChI is InChI=1S/C33H29F3N6O2/c34-27-8-6-24(19-29(27)36)42-15-13-41(14-16-42)23-5-7-26(28(35)18-23)32(43)40-31(33(44)39-22-9-11-37-12-10-22)17-21-20-38-30-4-2-1-3-25(21)30/h1-12,18-20,31,38H,13-17H2,(H,40,43)(H,37,39,44). The van der Waals surface area contributed by atoms with Crippen molar-refractivity contribution in [2.24, 2.45) is 0 Å². The Balaban J connectivity index is 1.16. The highest BCUT2D eigenvalue weighted by Gasteiger charge is 2.26. The number of pyridine rings is 1. The number of piperazine rings is 1. The van der Waals surface area contributed by atoms with Gasteiger partial charge >= 0.3 is 0 Å². The fourth-order valence-electron chi connectivity index (χ4n) is 5.42. The highest BCUT2D eigenvalue weighted by molar-refractivity contribution is 6.02. The molecule has 3 N–H and O–H groups in total. The first-order valence-electron chi connectivity index (χ1n) is 14.2. The number of fused-ring (bicyclic) bond motifs is 1. The summed E-state index contributed by atoms with van der Waals surface area (Å²) in [5, 5.41) is 6.45. The van der Waals surface area contributed by atoms with Crippen molar-refractivity contribution in [3.8, 4) is 0 Å². The number of H-pyrrole nitrogens is 1. The van der Waals surface area contributed by atoms with Gasteiger partial charge in [0, 0.05) is 85.2 Å². The van der Waals surface area contributed by atoms with Gasteiger partial charge in [0.15, 0.2) is 11.6 Å². The Kier molecular flexibility index (Phi) is 8.18. The molecule has 2 aromatic heterocycles. The Hall–Kier alpha value is -5.32. The predicted molar refractivity (Wildman–Crippen MR) is 163 cm³/mol. The van der Waals surface area contributed by atoms with Gasteiger partial charge < -0.3 is 25.4 Å². The molecule has 1 aliphatic heterocycles. The zero-order valence-corrected chi connectivity index (χ0v) is 23.6. The van der Waals surface area contributed by atoms with Gasteiger partial charge in [-0.3, -0.25) is 14.6 Å². The van der Waals surface area contributed by atoms with Crippen LogP contribution in [0.3, 0.4) is 0 Å². The lowest BCUT2D eigenvalue weighted by Crippen LogP contribution is -2.46. The second-order valence-electron chi connectivity index (χ2n) is 10.6. The molecule has 3 aromatic carbocycles. The SMILES string of the molecule is O=C(NC(Cc1c[nH]c2ccccc12)C(=O)Nc1ccncc1)c1ccc(N2CCN(c3ccc(F)c(F)c3)CC2)cc1F. The van der Waals surface area contributed by atoms with Crippen LogP contribution < -0.4 is 20.4 Å². The molecule has 3 heterocycles. The molecule has 1 aliphatic rings. The van der Waals surface area contributed by atoms with E-state index in [0.29, 0.717) is 43.2 Å². The van der Waals surface area contributed by atoms with Gasteiger partial charge in [-0.25, -0.2) is 13.2 Å². The van der Waals surface area contributed by atoms with E-state index >= 15 is 4.39 Å². The Bertz CT molecular complexity index is 1800. The largest absolute Gasteiger partial charge is 0.368 e. The van der Waals surface area contributed by atoms with Gasteiger partial charge in [0.1, 0.15) is 11.9 Å². The maximum atomic E-state index is 15.4. The van der Waals surface area contributed by atoms with Crippen LogP contribution in [-0.2, 0) is 11.2 Å². The number of nitrogens with one attached hydrogen (secondary N) is 3. The molecule has 1 unspecified atom stereocenters. The van der Waals surface area contributed by atoms with Crippen LogP contribution >= 0.6 is 0 Å². The lowest BCUT2D eigenvalue weighted by molar-refractivity contribution is -0.118. The number of benzene rings is 3. The number of rotatable bonds is 8. The minimum Gasteiger partial charge on any atom is -0.368 e. The molecule has 0 bridgehead atoms. The van der Waals surface area contributed by atoms with Crippen molar-refractivity contribution in [3.63, 3.8) is 0 Å². The second kappa shape index (κ2) is 12.5. The van der Waals surface area contributed by atoms with Crippen molar-refractivity contribution in [3.05, 3.63) is 120 Å². The average Bonchev–Trinajstić information content (AvgIpc) is 3.45. The van der Waals surface area contributed by atoms with Crippen LogP contribution in [0.25, 0.3) is 10.9 Å². The van der Waals surface area contributed by atoms with Crippen LogP contribution in [0, 0.1) is 17.5 Å². The zero-order valence-electron chi connectivity index (χ0n) is 23.6. The van der Waals surface area contributed by atoms with Crippen molar-refractivity contribution >= 4 is 39.8 Å². The van der Waals surface area contributed by atoms with Crippen LogP contribution in [0.1, 0.15) is 15.9 Å². The number of hydrogen-bond donors (Lipinski definition) is 3. The molecule has 6 rings (SSSR count). The number of carbonyl (C=O) groups is 2. The second-order valence-corrected chi connectivity index (χ2v) is 10.6. The molecule has 11 heteroatoms. The number of halogens is 3. The van der Waals surface area contributed by atoms with Gasteiger partial charge in [-0.1, -0.05) is 18.2 Å². The molecule has 1 atom stereocenters. The number of amides is 2. The minimum atomic E-state index is -1.00. The molecular formula is C33H29F3N6O2. The summed E-state index contributed by atoms with van der Waals surface area (Å²) < 4.78 is 42.4.